The van der Waals surface area contributed by atoms with Crippen LogP contribution in [0.25, 0.3) is 0 Å². The van der Waals surface area contributed by atoms with E-state index in [4.69, 9.17) is 0 Å². The van der Waals surface area contributed by atoms with Crippen molar-refractivity contribution in [2.45, 2.75) is 33.0 Å². The molecule has 2 aromatic heterocycles. The van der Waals surface area contributed by atoms with E-state index in [2.05, 4.69) is 47.3 Å². The highest BCUT2D eigenvalue weighted by molar-refractivity contribution is 5.16. The Labute approximate surface area is 109 Å². The van der Waals surface area contributed by atoms with Gasteiger partial charge in [-0.05, 0) is 30.7 Å². The van der Waals surface area contributed by atoms with Crippen molar-refractivity contribution in [3.63, 3.8) is 0 Å². The molecule has 0 aromatic carbocycles. The van der Waals surface area contributed by atoms with Crippen LogP contribution in [-0.2, 0) is 13.1 Å². The number of hydrogen-bond acceptors (Lipinski definition) is 2. The molecule has 0 saturated heterocycles. The van der Waals surface area contributed by atoms with Crippen LogP contribution in [0.15, 0.2) is 36.9 Å². The number of rotatable bonds is 6. The maximum Gasteiger partial charge on any atom is 0.0588 e. The van der Waals surface area contributed by atoms with E-state index in [1.54, 1.807) is 0 Å². The average Bonchev–Trinajstić information content (AvgIpc) is 2.97. The molecule has 0 bridgehead atoms. The third-order valence-electron chi connectivity index (χ3n) is 3.26. The molecule has 0 saturated carbocycles. The van der Waals surface area contributed by atoms with E-state index < -0.39 is 0 Å². The summed E-state index contributed by atoms with van der Waals surface area (Å²) in [5.74, 6) is 0.594. The highest BCUT2D eigenvalue weighted by Crippen LogP contribution is 2.21. The minimum atomic E-state index is 0.427. The predicted octanol–water partition coefficient (Wildman–Crippen LogP) is 2.30. The summed E-state index contributed by atoms with van der Waals surface area (Å²) in [7, 11) is 2.02. The van der Waals surface area contributed by atoms with Crippen molar-refractivity contribution in [1.82, 2.24) is 19.7 Å². The Hall–Kier alpha value is -1.55. The summed E-state index contributed by atoms with van der Waals surface area (Å²) in [5.41, 5.74) is 1.35. The first kappa shape index (κ1) is 12.9. The van der Waals surface area contributed by atoms with Gasteiger partial charge in [0.2, 0.25) is 0 Å². The topological polar surface area (TPSA) is 34.8 Å². The van der Waals surface area contributed by atoms with Gasteiger partial charge in [-0.25, -0.2) is 0 Å². The Morgan fingerprint density at radius 2 is 2.11 bits per heavy atom. The second-order valence-corrected chi connectivity index (χ2v) is 4.96. The summed E-state index contributed by atoms with van der Waals surface area (Å²) >= 11 is 0. The molecule has 0 amide bonds. The van der Waals surface area contributed by atoms with Crippen molar-refractivity contribution < 1.29 is 0 Å². The maximum atomic E-state index is 4.21. The smallest absolute Gasteiger partial charge is 0.0588 e. The van der Waals surface area contributed by atoms with Gasteiger partial charge in [0.05, 0.1) is 6.54 Å². The number of hydrogen-bond donors (Lipinski definition) is 1. The molecule has 2 heterocycles. The van der Waals surface area contributed by atoms with Gasteiger partial charge in [0.25, 0.3) is 0 Å². The zero-order valence-corrected chi connectivity index (χ0v) is 11.4. The molecule has 1 N–H and O–H groups in total. The minimum absolute atomic E-state index is 0.427. The van der Waals surface area contributed by atoms with Crippen LogP contribution in [0.5, 0.6) is 0 Å². The minimum Gasteiger partial charge on any atom is -0.352 e. The van der Waals surface area contributed by atoms with Crippen LogP contribution in [0.1, 0.15) is 25.5 Å². The first-order valence-corrected chi connectivity index (χ1v) is 6.51. The molecule has 4 heteroatoms. The number of nitrogens with zero attached hydrogens (tertiary/aromatic N) is 3. The quantitative estimate of drug-likeness (QED) is 0.848. The van der Waals surface area contributed by atoms with Crippen molar-refractivity contribution in [3.05, 3.63) is 42.5 Å². The van der Waals surface area contributed by atoms with Gasteiger partial charge in [-0.2, -0.15) is 5.10 Å². The molecule has 2 rings (SSSR count). The standard InChI is InChI=1S/C14H22N4/c1-12(2)14(15-3)13-5-8-17(11-13)9-10-18-7-4-6-16-18/h4-8,11-12,14-15H,9-10H2,1-3H3. The molecule has 0 aliphatic heterocycles. The summed E-state index contributed by atoms with van der Waals surface area (Å²) in [6.07, 6.45) is 8.18. The van der Waals surface area contributed by atoms with Gasteiger partial charge in [0.15, 0.2) is 0 Å². The second kappa shape index (κ2) is 5.87. The van der Waals surface area contributed by atoms with Crippen LogP contribution in [-0.4, -0.2) is 21.4 Å². The summed E-state index contributed by atoms with van der Waals surface area (Å²) < 4.78 is 4.18. The first-order chi connectivity index (χ1) is 8.70. The zero-order chi connectivity index (χ0) is 13.0. The molecule has 4 nitrogen and oxygen atoms in total. The highest BCUT2D eigenvalue weighted by Gasteiger charge is 2.14. The van der Waals surface area contributed by atoms with Crippen LogP contribution < -0.4 is 5.32 Å². The Kier molecular flexibility index (Phi) is 4.20. The normalized spacial score (nSPS) is 13.1. The van der Waals surface area contributed by atoms with Gasteiger partial charge in [0.1, 0.15) is 0 Å². The van der Waals surface area contributed by atoms with E-state index in [0.717, 1.165) is 13.1 Å². The summed E-state index contributed by atoms with van der Waals surface area (Å²) in [5, 5.41) is 7.58. The highest BCUT2D eigenvalue weighted by atomic mass is 15.3. The number of nitrogens with one attached hydrogen (secondary N) is 1. The molecule has 98 valence electrons. The molecule has 0 aliphatic rings. The summed E-state index contributed by atoms with van der Waals surface area (Å²) in [6, 6.07) is 4.58. The molecule has 18 heavy (non-hydrogen) atoms. The Balaban J connectivity index is 1.97. The number of aromatic nitrogens is 3. The zero-order valence-electron chi connectivity index (χ0n) is 11.4. The first-order valence-electron chi connectivity index (χ1n) is 6.51. The molecule has 0 radical (unpaired) electrons. The maximum absolute atomic E-state index is 4.21. The largest absolute Gasteiger partial charge is 0.352 e. The van der Waals surface area contributed by atoms with Crippen LogP contribution in [0.3, 0.4) is 0 Å². The van der Waals surface area contributed by atoms with Gasteiger partial charge in [0, 0.05) is 37.4 Å². The Morgan fingerprint density at radius 3 is 2.72 bits per heavy atom. The third-order valence-corrected chi connectivity index (χ3v) is 3.26. The van der Waals surface area contributed by atoms with E-state index in [1.807, 2.05) is 30.2 Å². The Morgan fingerprint density at radius 1 is 1.28 bits per heavy atom. The van der Waals surface area contributed by atoms with Crippen molar-refractivity contribution in [2.75, 3.05) is 7.05 Å². The lowest BCUT2D eigenvalue weighted by Gasteiger charge is -2.18. The van der Waals surface area contributed by atoms with Crippen LogP contribution in [0.4, 0.5) is 0 Å². The van der Waals surface area contributed by atoms with Crippen LogP contribution in [0.2, 0.25) is 0 Å². The molecular weight excluding hydrogens is 224 g/mol. The molecule has 0 spiro atoms. The predicted molar refractivity (Wildman–Crippen MR) is 73.3 cm³/mol. The van der Waals surface area contributed by atoms with Crippen LogP contribution >= 0.6 is 0 Å². The van der Waals surface area contributed by atoms with Crippen molar-refractivity contribution in [1.29, 1.82) is 0 Å². The number of aryl methyl sites for hydroxylation is 2. The molecule has 0 fully saturated rings. The van der Waals surface area contributed by atoms with Gasteiger partial charge in [-0.3, -0.25) is 4.68 Å². The fraction of sp³-hybridized carbons (Fsp3) is 0.500. The average molecular weight is 246 g/mol. The summed E-state index contributed by atoms with van der Waals surface area (Å²) in [6.45, 7) is 6.34. The van der Waals surface area contributed by atoms with Gasteiger partial charge in [-0.15, -0.1) is 0 Å². The van der Waals surface area contributed by atoms with E-state index >= 15 is 0 Å². The molecular formula is C14H22N4. The van der Waals surface area contributed by atoms with E-state index in [9.17, 15) is 0 Å². The fourth-order valence-corrected chi connectivity index (χ4v) is 2.32. The van der Waals surface area contributed by atoms with E-state index in [-0.39, 0.29) is 0 Å². The van der Waals surface area contributed by atoms with Gasteiger partial charge >= 0.3 is 0 Å². The van der Waals surface area contributed by atoms with E-state index in [0.29, 0.717) is 12.0 Å². The SMILES string of the molecule is CNC(c1ccn(CCn2cccn2)c1)C(C)C. The second-order valence-electron chi connectivity index (χ2n) is 4.96. The summed E-state index contributed by atoms with van der Waals surface area (Å²) in [4.78, 5) is 0. The van der Waals surface area contributed by atoms with Crippen molar-refractivity contribution >= 4 is 0 Å². The van der Waals surface area contributed by atoms with E-state index in [1.165, 1.54) is 5.56 Å². The lowest BCUT2D eigenvalue weighted by molar-refractivity contribution is 0.441. The molecule has 0 aliphatic carbocycles. The Bertz CT molecular complexity index is 456. The third kappa shape index (κ3) is 3.01. The van der Waals surface area contributed by atoms with Crippen molar-refractivity contribution in [3.8, 4) is 0 Å². The molecule has 2 aromatic rings. The molecule has 1 unspecified atom stereocenters. The van der Waals surface area contributed by atoms with Crippen molar-refractivity contribution in [2.24, 2.45) is 5.92 Å². The van der Waals surface area contributed by atoms with Crippen LogP contribution in [0, 0.1) is 5.92 Å². The fourth-order valence-electron chi connectivity index (χ4n) is 2.32. The lowest BCUT2D eigenvalue weighted by atomic mass is 9.99. The molecule has 1 atom stereocenters. The van der Waals surface area contributed by atoms with Gasteiger partial charge < -0.3 is 9.88 Å². The van der Waals surface area contributed by atoms with Gasteiger partial charge in [-0.1, -0.05) is 13.8 Å². The monoisotopic (exact) mass is 246 g/mol. The lowest BCUT2D eigenvalue weighted by Crippen LogP contribution is -2.21.